The van der Waals surface area contributed by atoms with Gasteiger partial charge in [0.1, 0.15) is 0 Å². The third kappa shape index (κ3) is 6.43. The van der Waals surface area contributed by atoms with Crippen molar-refractivity contribution in [2.45, 2.75) is 31.2 Å². The van der Waals surface area contributed by atoms with Crippen molar-refractivity contribution in [1.82, 2.24) is 10.6 Å². The largest absolute Gasteiger partial charge is 0.516 e. The number of aliphatic hydroxyl groups excluding tert-OH is 1. The third-order valence-corrected chi connectivity index (χ3v) is 5.87. The van der Waals surface area contributed by atoms with Crippen molar-refractivity contribution in [1.29, 1.82) is 0 Å². The second-order valence-corrected chi connectivity index (χ2v) is 8.44. The summed E-state index contributed by atoms with van der Waals surface area (Å²) in [5, 5.41) is 15.5. The summed E-state index contributed by atoms with van der Waals surface area (Å²) in [4.78, 5) is 12.6. The molecule has 0 aromatic heterocycles. The lowest BCUT2D eigenvalue weighted by Crippen LogP contribution is -2.25. The van der Waals surface area contributed by atoms with Crippen LogP contribution in [0.5, 0.6) is 0 Å². The first-order valence-corrected chi connectivity index (χ1v) is 11.1. The first-order valence-electron chi connectivity index (χ1n) is 11.1. The van der Waals surface area contributed by atoms with E-state index in [2.05, 4.69) is 22.8 Å². The number of amides is 1. The molecule has 0 aliphatic heterocycles. The summed E-state index contributed by atoms with van der Waals surface area (Å²) in [5.41, 5.74) is 3.98. The van der Waals surface area contributed by atoms with Gasteiger partial charge < -0.3 is 15.7 Å². The van der Waals surface area contributed by atoms with Crippen LogP contribution in [0.4, 0.5) is 0 Å². The van der Waals surface area contributed by atoms with Crippen LogP contribution in [0.1, 0.15) is 46.7 Å². The molecule has 31 heavy (non-hydrogen) atoms. The highest BCUT2D eigenvalue weighted by molar-refractivity contribution is 5.94. The van der Waals surface area contributed by atoms with Crippen molar-refractivity contribution in [2.24, 2.45) is 5.92 Å². The van der Waals surface area contributed by atoms with Crippen LogP contribution in [-0.2, 0) is 0 Å². The van der Waals surface area contributed by atoms with Gasteiger partial charge in [-0.05, 0) is 72.7 Å². The van der Waals surface area contributed by atoms with Crippen LogP contribution in [0.3, 0.4) is 0 Å². The van der Waals surface area contributed by atoms with E-state index < -0.39 is 0 Å². The lowest BCUT2D eigenvalue weighted by atomic mass is 10.1. The number of allylic oxidation sites excluding steroid dienone is 2. The summed E-state index contributed by atoms with van der Waals surface area (Å²) >= 11 is 0. The first-order chi connectivity index (χ1) is 15.2. The van der Waals surface area contributed by atoms with E-state index in [9.17, 15) is 4.79 Å². The molecule has 2 aromatic carbocycles. The number of hydrogen-bond donors (Lipinski definition) is 3. The fourth-order valence-corrected chi connectivity index (χ4v) is 3.75. The van der Waals surface area contributed by atoms with Crippen LogP contribution in [0.2, 0.25) is 0 Å². The van der Waals surface area contributed by atoms with Gasteiger partial charge in [-0.15, -0.1) is 0 Å². The minimum absolute atomic E-state index is 0.0872. The predicted molar refractivity (Wildman–Crippen MR) is 126 cm³/mol. The number of hydrogen-bond acceptors (Lipinski definition) is 3. The zero-order valence-electron chi connectivity index (χ0n) is 17.7. The van der Waals surface area contributed by atoms with Crippen LogP contribution >= 0.6 is 0 Å². The maximum atomic E-state index is 12.6. The first kappa shape index (κ1) is 21.1. The molecule has 2 aromatic rings. The zero-order chi connectivity index (χ0) is 21.5. The minimum Gasteiger partial charge on any atom is -0.516 e. The average Bonchev–Trinajstić information content (AvgIpc) is 3.72. The molecule has 0 heterocycles. The molecule has 4 heteroatoms. The molecule has 2 saturated carbocycles. The van der Waals surface area contributed by atoms with Gasteiger partial charge in [0.15, 0.2) is 0 Å². The van der Waals surface area contributed by atoms with Crippen molar-refractivity contribution in [3.05, 3.63) is 101 Å². The Morgan fingerprint density at radius 3 is 2.52 bits per heavy atom. The van der Waals surface area contributed by atoms with Crippen molar-refractivity contribution in [2.75, 3.05) is 13.1 Å². The van der Waals surface area contributed by atoms with Gasteiger partial charge >= 0.3 is 0 Å². The van der Waals surface area contributed by atoms with E-state index in [4.69, 9.17) is 5.11 Å². The van der Waals surface area contributed by atoms with Crippen LogP contribution in [0.25, 0.3) is 6.08 Å². The summed E-state index contributed by atoms with van der Waals surface area (Å²) in [6.45, 7) is 1.56. The molecule has 3 N–H and O–H groups in total. The van der Waals surface area contributed by atoms with Crippen molar-refractivity contribution < 1.29 is 9.90 Å². The quantitative estimate of drug-likeness (QED) is 0.379. The monoisotopic (exact) mass is 414 g/mol. The molecule has 2 atom stereocenters. The van der Waals surface area contributed by atoms with Crippen LogP contribution in [0.15, 0.2) is 84.7 Å². The van der Waals surface area contributed by atoms with E-state index in [0.29, 0.717) is 24.1 Å². The summed E-state index contributed by atoms with van der Waals surface area (Å²) in [7, 11) is 0. The number of benzene rings is 2. The molecule has 160 valence electrons. The molecule has 1 amide bonds. The van der Waals surface area contributed by atoms with E-state index in [1.807, 2.05) is 54.6 Å². The van der Waals surface area contributed by atoms with Gasteiger partial charge in [0.2, 0.25) is 0 Å². The van der Waals surface area contributed by atoms with Gasteiger partial charge in [-0.1, -0.05) is 54.6 Å². The molecule has 2 aliphatic carbocycles. The highest BCUT2D eigenvalue weighted by atomic mass is 16.2. The lowest BCUT2D eigenvalue weighted by Gasteiger charge is -2.08. The molecule has 0 saturated heterocycles. The lowest BCUT2D eigenvalue weighted by molar-refractivity contribution is 0.0957. The van der Waals surface area contributed by atoms with E-state index in [0.717, 1.165) is 29.9 Å². The molecule has 0 spiro atoms. The number of nitrogens with one attached hydrogen (secondary N) is 2. The SMILES string of the molecule is O=C(NCC(/C=C\C=C\O)=C/c1ccccc1)c1ccc(C2CC2NCC2CC2)cc1. The molecule has 2 unspecified atom stereocenters. The molecule has 4 nitrogen and oxygen atoms in total. The Kier molecular flexibility index (Phi) is 7.00. The van der Waals surface area contributed by atoms with Gasteiger partial charge in [0.05, 0.1) is 6.26 Å². The Bertz CT molecular complexity index is 956. The maximum Gasteiger partial charge on any atom is 0.251 e. The van der Waals surface area contributed by atoms with Crippen molar-refractivity contribution in [3.8, 4) is 0 Å². The Hall–Kier alpha value is -3.11. The molecule has 0 bridgehead atoms. The standard InChI is InChI=1S/C27H30N2O2/c30-15-5-4-8-22(16-20-6-2-1-3-7-20)19-29-27(31)24-13-11-23(12-14-24)25-17-26(25)28-18-21-9-10-21/h1-8,11-16,21,25-26,28,30H,9-10,17-19H2,(H,29,31)/b8-4-,15-5+,22-16+. The topological polar surface area (TPSA) is 61.4 Å². The van der Waals surface area contributed by atoms with Crippen molar-refractivity contribution in [3.63, 3.8) is 0 Å². The zero-order valence-corrected chi connectivity index (χ0v) is 17.7. The molecular formula is C27H30N2O2. The van der Waals surface area contributed by atoms with Gasteiger partial charge in [0.25, 0.3) is 5.91 Å². The fraction of sp³-hybridized carbons (Fsp3) is 0.296. The summed E-state index contributed by atoms with van der Waals surface area (Å²) < 4.78 is 0. The summed E-state index contributed by atoms with van der Waals surface area (Å²) in [6, 6.07) is 18.6. The number of carbonyl (C=O) groups excluding carboxylic acids is 1. The Morgan fingerprint density at radius 2 is 1.81 bits per heavy atom. The van der Waals surface area contributed by atoms with Gasteiger partial charge in [0, 0.05) is 24.1 Å². The Labute approximate surface area is 184 Å². The molecular weight excluding hydrogens is 384 g/mol. The Morgan fingerprint density at radius 1 is 1.03 bits per heavy atom. The second-order valence-electron chi connectivity index (χ2n) is 8.44. The Balaban J connectivity index is 1.32. The molecule has 2 aliphatic rings. The summed E-state index contributed by atoms with van der Waals surface area (Å²) in [6.07, 6.45) is 12.1. The van der Waals surface area contributed by atoms with Gasteiger partial charge in [-0.25, -0.2) is 0 Å². The minimum atomic E-state index is -0.0872. The van der Waals surface area contributed by atoms with Crippen LogP contribution in [0, 0.1) is 5.92 Å². The molecule has 0 radical (unpaired) electrons. The third-order valence-electron chi connectivity index (χ3n) is 5.87. The average molecular weight is 415 g/mol. The summed E-state index contributed by atoms with van der Waals surface area (Å²) in [5.74, 6) is 1.40. The maximum absolute atomic E-state index is 12.6. The number of aliphatic hydroxyl groups is 1. The van der Waals surface area contributed by atoms with Crippen LogP contribution < -0.4 is 10.6 Å². The molecule has 4 rings (SSSR count). The number of carbonyl (C=O) groups is 1. The van der Waals surface area contributed by atoms with E-state index in [-0.39, 0.29) is 5.91 Å². The van der Waals surface area contributed by atoms with E-state index in [1.165, 1.54) is 24.8 Å². The number of rotatable bonds is 10. The highest BCUT2D eigenvalue weighted by Crippen LogP contribution is 2.41. The predicted octanol–water partition coefficient (Wildman–Crippen LogP) is 4.98. The normalized spacial score (nSPS) is 21.0. The van der Waals surface area contributed by atoms with E-state index >= 15 is 0 Å². The second kappa shape index (κ2) is 10.3. The smallest absolute Gasteiger partial charge is 0.251 e. The van der Waals surface area contributed by atoms with Gasteiger partial charge in [-0.2, -0.15) is 0 Å². The molecule has 2 fully saturated rings. The fourth-order valence-electron chi connectivity index (χ4n) is 3.75. The van der Waals surface area contributed by atoms with Crippen molar-refractivity contribution >= 4 is 12.0 Å². The highest BCUT2D eigenvalue weighted by Gasteiger charge is 2.38. The van der Waals surface area contributed by atoms with E-state index in [1.54, 1.807) is 12.2 Å². The van der Waals surface area contributed by atoms with Gasteiger partial charge in [-0.3, -0.25) is 4.79 Å². The van der Waals surface area contributed by atoms with Crippen LogP contribution in [-0.4, -0.2) is 30.1 Å².